The lowest BCUT2D eigenvalue weighted by Gasteiger charge is -2.12. The van der Waals surface area contributed by atoms with Gasteiger partial charge in [0.15, 0.2) is 0 Å². The molecule has 0 amide bonds. The van der Waals surface area contributed by atoms with E-state index in [1.165, 1.54) is 81.3 Å². The Morgan fingerprint density at radius 3 is 0.941 bits per heavy atom. The number of nitrogens with zero attached hydrogens (tertiary/aromatic N) is 1. The minimum absolute atomic E-state index is 0.971. The summed E-state index contributed by atoms with van der Waals surface area (Å²) < 4.78 is 0. The standard InChI is InChI=1S/C50H47N/c1-4-6-8-37-12-18-40(19-13-37)43-26-30-46(31-27-43)49-34-48(45-24-22-42(23-25-45)39-16-10-36(3)11-17-39)35-50(51-49)47-32-28-44(29-33-47)41-20-14-38(15-21-41)9-7-5-2/h10-35H,4-9H2,1-3H3. The molecule has 0 aliphatic carbocycles. The normalized spacial score (nSPS) is 11.1. The minimum Gasteiger partial charge on any atom is -0.248 e. The minimum atomic E-state index is 0.971. The van der Waals surface area contributed by atoms with Crippen LogP contribution in [0.15, 0.2) is 158 Å². The molecule has 0 radical (unpaired) electrons. The van der Waals surface area contributed by atoms with Crippen LogP contribution in [-0.4, -0.2) is 4.98 Å². The molecule has 0 aliphatic rings. The Morgan fingerprint density at radius 2 is 0.608 bits per heavy atom. The molecule has 1 nitrogen and oxygen atoms in total. The predicted octanol–water partition coefficient (Wildman–Crippen LogP) is 14.1. The Hall–Kier alpha value is -5.53. The predicted molar refractivity (Wildman–Crippen MR) is 219 cm³/mol. The second kappa shape index (κ2) is 16.0. The molecule has 0 spiro atoms. The van der Waals surface area contributed by atoms with Gasteiger partial charge < -0.3 is 0 Å². The number of aromatic nitrogens is 1. The maximum atomic E-state index is 5.26. The number of unbranched alkanes of at least 4 members (excludes halogenated alkanes) is 2. The van der Waals surface area contributed by atoms with E-state index >= 15 is 0 Å². The largest absolute Gasteiger partial charge is 0.248 e. The molecule has 1 heteroatoms. The van der Waals surface area contributed by atoms with Gasteiger partial charge in [-0.1, -0.05) is 178 Å². The second-order valence-corrected chi connectivity index (χ2v) is 13.8. The van der Waals surface area contributed by atoms with Crippen molar-refractivity contribution in [3.63, 3.8) is 0 Å². The van der Waals surface area contributed by atoms with Gasteiger partial charge in [0.05, 0.1) is 11.4 Å². The summed E-state index contributed by atoms with van der Waals surface area (Å²) >= 11 is 0. The summed E-state index contributed by atoms with van der Waals surface area (Å²) in [5, 5.41) is 0. The van der Waals surface area contributed by atoms with Crippen LogP contribution in [-0.2, 0) is 12.8 Å². The van der Waals surface area contributed by atoms with Gasteiger partial charge >= 0.3 is 0 Å². The summed E-state index contributed by atoms with van der Waals surface area (Å²) in [6, 6.07) is 58.0. The molecule has 1 heterocycles. The van der Waals surface area contributed by atoms with Crippen LogP contribution in [0, 0.1) is 6.92 Å². The first kappa shape index (κ1) is 33.9. The first-order chi connectivity index (χ1) is 25.1. The van der Waals surface area contributed by atoms with Crippen LogP contribution in [0.25, 0.3) is 67.0 Å². The Kier molecular flexibility index (Phi) is 10.6. The van der Waals surface area contributed by atoms with Gasteiger partial charge in [0, 0.05) is 11.1 Å². The monoisotopic (exact) mass is 661 g/mol. The number of rotatable bonds is 12. The average Bonchev–Trinajstić information content (AvgIpc) is 3.20. The molecule has 0 bridgehead atoms. The lowest BCUT2D eigenvalue weighted by atomic mass is 9.96. The Balaban J connectivity index is 1.21. The zero-order valence-corrected chi connectivity index (χ0v) is 30.2. The number of pyridine rings is 1. The average molecular weight is 662 g/mol. The fourth-order valence-corrected chi connectivity index (χ4v) is 6.75. The molecule has 0 saturated carbocycles. The van der Waals surface area contributed by atoms with Gasteiger partial charge in [-0.25, -0.2) is 4.98 Å². The van der Waals surface area contributed by atoms with Crippen LogP contribution < -0.4 is 0 Å². The van der Waals surface area contributed by atoms with E-state index in [4.69, 9.17) is 4.98 Å². The smallest absolute Gasteiger partial charge is 0.0715 e. The van der Waals surface area contributed by atoms with E-state index in [1.807, 2.05) is 0 Å². The third kappa shape index (κ3) is 8.27. The Bertz CT molecular complexity index is 2040. The van der Waals surface area contributed by atoms with Crippen LogP contribution in [0.5, 0.6) is 0 Å². The molecule has 1 aromatic heterocycles. The summed E-state index contributed by atoms with van der Waals surface area (Å²) in [7, 11) is 0. The van der Waals surface area contributed by atoms with E-state index in [0.717, 1.165) is 40.9 Å². The maximum Gasteiger partial charge on any atom is 0.0715 e. The topological polar surface area (TPSA) is 12.9 Å². The third-order valence-corrected chi connectivity index (χ3v) is 10.0. The SMILES string of the molecule is CCCCc1ccc(-c2ccc(-c3cc(-c4ccc(-c5ccc(C)cc5)cc4)cc(-c4ccc(-c5ccc(CCCC)cc5)cc4)n3)cc2)cc1. The molecule has 0 fully saturated rings. The first-order valence-electron chi connectivity index (χ1n) is 18.7. The molecule has 7 rings (SSSR count). The first-order valence-corrected chi connectivity index (χ1v) is 18.7. The van der Waals surface area contributed by atoms with Crippen molar-refractivity contribution in [1.82, 2.24) is 4.98 Å². The quantitative estimate of drug-likeness (QED) is 0.127. The fourth-order valence-electron chi connectivity index (χ4n) is 6.75. The molecule has 51 heavy (non-hydrogen) atoms. The van der Waals surface area contributed by atoms with E-state index < -0.39 is 0 Å². The number of benzene rings is 6. The highest BCUT2D eigenvalue weighted by molar-refractivity contribution is 5.80. The van der Waals surface area contributed by atoms with Gasteiger partial charge in [-0.2, -0.15) is 0 Å². The van der Waals surface area contributed by atoms with Crippen molar-refractivity contribution in [2.75, 3.05) is 0 Å². The summed E-state index contributed by atoms with van der Waals surface area (Å²) in [4.78, 5) is 5.26. The van der Waals surface area contributed by atoms with E-state index in [9.17, 15) is 0 Å². The fraction of sp³-hybridized carbons (Fsp3) is 0.180. The highest BCUT2D eigenvalue weighted by atomic mass is 14.7. The van der Waals surface area contributed by atoms with Crippen LogP contribution in [0.4, 0.5) is 0 Å². The van der Waals surface area contributed by atoms with Gasteiger partial charge in [-0.05, 0) is 100 Å². The number of aryl methyl sites for hydroxylation is 3. The molecule has 0 atom stereocenters. The Morgan fingerprint density at radius 1 is 0.333 bits per heavy atom. The van der Waals surface area contributed by atoms with Crippen molar-refractivity contribution >= 4 is 0 Å². The van der Waals surface area contributed by atoms with E-state index in [-0.39, 0.29) is 0 Å². The van der Waals surface area contributed by atoms with Crippen molar-refractivity contribution < 1.29 is 0 Å². The third-order valence-electron chi connectivity index (χ3n) is 10.0. The van der Waals surface area contributed by atoms with Crippen molar-refractivity contribution in [2.45, 2.75) is 59.3 Å². The molecule has 0 aliphatic heterocycles. The molecule has 0 saturated heterocycles. The number of hydrogen-bond acceptors (Lipinski definition) is 1. The highest BCUT2D eigenvalue weighted by Gasteiger charge is 2.11. The summed E-state index contributed by atoms with van der Waals surface area (Å²) in [5.74, 6) is 0. The van der Waals surface area contributed by atoms with Gasteiger partial charge in [0.1, 0.15) is 0 Å². The van der Waals surface area contributed by atoms with Crippen molar-refractivity contribution in [1.29, 1.82) is 0 Å². The molecule has 252 valence electrons. The molecule has 7 aromatic rings. The van der Waals surface area contributed by atoms with Crippen LogP contribution in [0.1, 0.15) is 56.2 Å². The molecular weight excluding hydrogens is 615 g/mol. The zero-order valence-electron chi connectivity index (χ0n) is 30.2. The summed E-state index contributed by atoms with van der Waals surface area (Å²) in [6.45, 7) is 6.62. The van der Waals surface area contributed by atoms with Crippen molar-refractivity contribution in [2.24, 2.45) is 0 Å². The van der Waals surface area contributed by atoms with E-state index in [2.05, 4.69) is 178 Å². The Labute approximate surface area is 304 Å². The zero-order chi connectivity index (χ0) is 35.0. The maximum absolute atomic E-state index is 5.26. The molecule has 6 aromatic carbocycles. The molecule has 0 unspecified atom stereocenters. The molecular formula is C50H47N. The second-order valence-electron chi connectivity index (χ2n) is 13.8. The van der Waals surface area contributed by atoms with Gasteiger partial charge in [0.25, 0.3) is 0 Å². The summed E-state index contributed by atoms with van der Waals surface area (Å²) in [5.41, 5.74) is 18.0. The van der Waals surface area contributed by atoms with E-state index in [1.54, 1.807) is 0 Å². The van der Waals surface area contributed by atoms with Crippen molar-refractivity contribution in [3.8, 4) is 67.0 Å². The van der Waals surface area contributed by atoms with Crippen molar-refractivity contribution in [3.05, 3.63) is 174 Å². The van der Waals surface area contributed by atoms with Crippen LogP contribution >= 0.6 is 0 Å². The van der Waals surface area contributed by atoms with Gasteiger partial charge in [-0.3, -0.25) is 0 Å². The lowest BCUT2D eigenvalue weighted by molar-refractivity contribution is 0.795. The van der Waals surface area contributed by atoms with Gasteiger partial charge in [-0.15, -0.1) is 0 Å². The van der Waals surface area contributed by atoms with Crippen LogP contribution in [0.2, 0.25) is 0 Å². The number of hydrogen-bond donors (Lipinski definition) is 0. The highest BCUT2D eigenvalue weighted by Crippen LogP contribution is 2.34. The van der Waals surface area contributed by atoms with Gasteiger partial charge in [0.2, 0.25) is 0 Å². The van der Waals surface area contributed by atoms with Crippen LogP contribution in [0.3, 0.4) is 0 Å². The molecule has 0 N–H and O–H groups in total. The lowest BCUT2D eigenvalue weighted by Crippen LogP contribution is -1.92. The summed E-state index contributed by atoms with van der Waals surface area (Å²) in [6.07, 6.45) is 7.19. The van der Waals surface area contributed by atoms with E-state index in [0.29, 0.717) is 0 Å².